The zero-order valence-electron chi connectivity index (χ0n) is 5.15. The van der Waals surface area contributed by atoms with E-state index in [2.05, 4.69) is 21.1 Å². The Hall–Kier alpha value is 0.0649. The van der Waals surface area contributed by atoms with Crippen LogP contribution in [-0.2, 0) is 0 Å². The van der Waals surface area contributed by atoms with Gasteiger partial charge in [-0.15, -0.1) is 0 Å². The zero-order valence-corrected chi connectivity index (χ0v) is 5.15. The molecule has 1 fully saturated rings. The van der Waals surface area contributed by atoms with Crippen LogP contribution in [0.25, 0.3) is 0 Å². The van der Waals surface area contributed by atoms with Crippen molar-refractivity contribution < 1.29 is 0 Å². The second kappa shape index (κ2) is 1.89. The van der Waals surface area contributed by atoms with E-state index in [0.29, 0.717) is 0 Å². The number of hydrogen-bond acceptors (Lipinski definition) is 0. The molecule has 0 spiro atoms. The van der Waals surface area contributed by atoms with E-state index in [9.17, 15) is 0 Å². The van der Waals surface area contributed by atoms with Crippen molar-refractivity contribution in [2.24, 2.45) is 11.8 Å². The summed E-state index contributed by atoms with van der Waals surface area (Å²) in [7, 11) is 2.37. The molecule has 0 N–H and O–H groups in total. The Labute approximate surface area is 46.5 Å². The molecule has 7 heavy (non-hydrogen) atoms. The third-order valence-electron chi connectivity index (χ3n) is 1.88. The van der Waals surface area contributed by atoms with Crippen molar-refractivity contribution in [1.29, 1.82) is 0 Å². The van der Waals surface area contributed by atoms with Gasteiger partial charge in [-0.25, -0.2) is 0 Å². The minimum Gasteiger partial charge on any atom is -0.0779 e. The summed E-state index contributed by atoms with van der Waals surface area (Å²) in [6, 6.07) is 0. The standard InChI is InChI=1S/C6H12B/c1-5(2)6-3-7-4-6/h5-6H,3-4H2,1-2H3. The van der Waals surface area contributed by atoms with Gasteiger partial charge in [-0.05, 0) is 5.92 Å². The van der Waals surface area contributed by atoms with Crippen LogP contribution in [0.1, 0.15) is 13.8 Å². The molecule has 0 aromatic heterocycles. The van der Waals surface area contributed by atoms with Gasteiger partial charge in [0.1, 0.15) is 7.28 Å². The zero-order chi connectivity index (χ0) is 5.28. The lowest BCUT2D eigenvalue weighted by atomic mass is 9.48. The van der Waals surface area contributed by atoms with Crippen molar-refractivity contribution in [3.63, 3.8) is 0 Å². The molecular formula is C6H12B. The molecule has 1 aliphatic heterocycles. The number of rotatable bonds is 1. The van der Waals surface area contributed by atoms with Gasteiger partial charge in [0, 0.05) is 0 Å². The van der Waals surface area contributed by atoms with E-state index in [4.69, 9.17) is 0 Å². The maximum atomic E-state index is 2.37. The Morgan fingerprint density at radius 3 is 2.00 bits per heavy atom. The summed E-state index contributed by atoms with van der Waals surface area (Å²) < 4.78 is 0. The highest BCUT2D eigenvalue weighted by Gasteiger charge is 2.20. The van der Waals surface area contributed by atoms with Crippen LogP contribution < -0.4 is 0 Å². The maximum Gasteiger partial charge on any atom is 0.110 e. The van der Waals surface area contributed by atoms with Crippen LogP contribution in [0.4, 0.5) is 0 Å². The van der Waals surface area contributed by atoms with E-state index in [-0.39, 0.29) is 0 Å². The molecule has 0 saturated carbocycles. The van der Waals surface area contributed by atoms with Crippen LogP contribution in [-0.4, -0.2) is 7.28 Å². The predicted octanol–water partition coefficient (Wildman–Crippen LogP) is 1.81. The maximum absolute atomic E-state index is 2.37. The summed E-state index contributed by atoms with van der Waals surface area (Å²) in [5.41, 5.74) is 0. The minimum atomic E-state index is 0.921. The SMILES string of the molecule is CC(C)C1C[B]C1. The highest BCUT2D eigenvalue weighted by atomic mass is 14.1. The quantitative estimate of drug-likeness (QED) is 0.435. The summed E-state index contributed by atoms with van der Waals surface area (Å²) in [4.78, 5) is 0. The Morgan fingerprint density at radius 2 is 2.00 bits per heavy atom. The number of hydrogen-bond donors (Lipinski definition) is 0. The van der Waals surface area contributed by atoms with Gasteiger partial charge in [0.05, 0.1) is 0 Å². The van der Waals surface area contributed by atoms with Gasteiger partial charge in [-0.3, -0.25) is 0 Å². The third kappa shape index (κ3) is 0.989. The van der Waals surface area contributed by atoms with Crippen LogP contribution in [0.3, 0.4) is 0 Å². The molecule has 1 heterocycles. The fourth-order valence-electron chi connectivity index (χ4n) is 0.903. The van der Waals surface area contributed by atoms with E-state index in [1.54, 1.807) is 0 Å². The fraction of sp³-hybridized carbons (Fsp3) is 1.00. The van der Waals surface area contributed by atoms with Gasteiger partial charge in [0.2, 0.25) is 0 Å². The summed E-state index contributed by atoms with van der Waals surface area (Å²) in [6.45, 7) is 4.61. The largest absolute Gasteiger partial charge is 0.110 e. The van der Waals surface area contributed by atoms with Crippen molar-refractivity contribution in [3.05, 3.63) is 0 Å². The molecule has 0 nitrogen and oxygen atoms in total. The van der Waals surface area contributed by atoms with E-state index in [0.717, 1.165) is 11.8 Å². The van der Waals surface area contributed by atoms with E-state index in [1.165, 1.54) is 12.6 Å². The summed E-state index contributed by atoms with van der Waals surface area (Å²) >= 11 is 0. The molecule has 1 saturated heterocycles. The van der Waals surface area contributed by atoms with Crippen LogP contribution in [0, 0.1) is 11.8 Å². The van der Waals surface area contributed by atoms with Crippen molar-refractivity contribution >= 4 is 7.28 Å². The van der Waals surface area contributed by atoms with Crippen LogP contribution >= 0.6 is 0 Å². The van der Waals surface area contributed by atoms with Gasteiger partial charge in [0.15, 0.2) is 0 Å². The van der Waals surface area contributed by atoms with E-state index < -0.39 is 0 Å². The van der Waals surface area contributed by atoms with Gasteiger partial charge in [0.25, 0.3) is 0 Å². The lowest BCUT2D eigenvalue weighted by Gasteiger charge is -2.28. The smallest absolute Gasteiger partial charge is 0.0779 e. The molecule has 1 aliphatic rings. The highest BCUT2D eigenvalue weighted by molar-refractivity contribution is 6.39. The van der Waals surface area contributed by atoms with Gasteiger partial charge >= 0.3 is 0 Å². The summed E-state index contributed by atoms with van der Waals surface area (Å²) in [6.07, 6.45) is 2.75. The lowest BCUT2D eigenvalue weighted by Crippen LogP contribution is -2.22. The Balaban J connectivity index is 2.14. The Kier molecular flexibility index (Phi) is 1.41. The average Bonchev–Trinajstić information content (AvgIpc) is 1.23. The Bertz CT molecular complexity index is 55.2. The summed E-state index contributed by atoms with van der Waals surface area (Å²) in [5, 5.41) is 0. The van der Waals surface area contributed by atoms with Crippen LogP contribution in [0.15, 0.2) is 0 Å². The summed E-state index contributed by atoms with van der Waals surface area (Å²) in [5.74, 6) is 1.95. The van der Waals surface area contributed by atoms with Gasteiger partial charge in [-0.1, -0.05) is 32.4 Å². The van der Waals surface area contributed by atoms with Crippen LogP contribution in [0.2, 0.25) is 12.6 Å². The minimum absolute atomic E-state index is 0.921. The molecule has 1 radical (unpaired) electrons. The fourth-order valence-corrected chi connectivity index (χ4v) is 0.903. The molecule has 1 rings (SSSR count). The Morgan fingerprint density at radius 1 is 1.43 bits per heavy atom. The second-order valence-electron chi connectivity index (χ2n) is 2.76. The van der Waals surface area contributed by atoms with Crippen LogP contribution in [0.5, 0.6) is 0 Å². The van der Waals surface area contributed by atoms with Crippen molar-refractivity contribution in [2.75, 3.05) is 0 Å². The lowest BCUT2D eigenvalue weighted by molar-refractivity contribution is 0.424. The van der Waals surface area contributed by atoms with Gasteiger partial charge < -0.3 is 0 Å². The molecule has 0 aromatic carbocycles. The molecule has 0 aromatic rings. The normalized spacial score (nSPS) is 21.6. The van der Waals surface area contributed by atoms with Crippen molar-refractivity contribution in [3.8, 4) is 0 Å². The first-order chi connectivity index (χ1) is 3.30. The third-order valence-corrected chi connectivity index (χ3v) is 1.88. The molecule has 0 aliphatic carbocycles. The first-order valence-corrected chi connectivity index (χ1v) is 3.12. The molecule has 0 bridgehead atoms. The van der Waals surface area contributed by atoms with E-state index >= 15 is 0 Å². The topological polar surface area (TPSA) is 0 Å². The first kappa shape index (κ1) is 5.21. The molecule has 1 heteroatoms. The first-order valence-electron chi connectivity index (χ1n) is 3.12. The average molecular weight is 95.0 g/mol. The predicted molar refractivity (Wildman–Crippen MR) is 33.7 cm³/mol. The molecule has 0 amide bonds. The molecular weight excluding hydrogens is 82.9 g/mol. The van der Waals surface area contributed by atoms with Crippen molar-refractivity contribution in [1.82, 2.24) is 0 Å². The van der Waals surface area contributed by atoms with Gasteiger partial charge in [-0.2, -0.15) is 0 Å². The highest BCUT2D eigenvalue weighted by Crippen LogP contribution is 2.28. The molecule has 0 unspecified atom stereocenters. The monoisotopic (exact) mass is 95.1 g/mol. The molecule has 39 valence electrons. The second-order valence-corrected chi connectivity index (χ2v) is 2.76. The molecule has 0 atom stereocenters. The van der Waals surface area contributed by atoms with Crippen molar-refractivity contribution in [2.45, 2.75) is 26.5 Å². The van der Waals surface area contributed by atoms with E-state index in [1.807, 2.05) is 0 Å².